The lowest BCUT2D eigenvalue weighted by molar-refractivity contribution is -0.384. The van der Waals surface area contributed by atoms with Gasteiger partial charge in [-0.15, -0.1) is 0 Å². The Morgan fingerprint density at radius 2 is 2.04 bits per heavy atom. The Bertz CT molecular complexity index is 733. The lowest BCUT2D eigenvalue weighted by Crippen LogP contribution is -2.20. The number of benzene rings is 2. The van der Waals surface area contributed by atoms with Gasteiger partial charge in [0.05, 0.1) is 18.1 Å². The topological polar surface area (TPSA) is 117 Å². The number of ether oxygens (including phenoxy) is 2. The Morgan fingerprint density at radius 1 is 1.26 bits per heavy atom. The molecule has 3 N–H and O–H groups in total. The number of anilines is 2. The van der Waals surface area contributed by atoms with Gasteiger partial charge in [-0.1, -0.05) is 6.07 Å². The first-order valence-corrected chi connectivity index (χ1v) is 6.60. The van der Waals surface area contributed by atoms with E-state index in [9.17, 15) is 14.9 Å². The molecule has 8 heteroatoms. The molecule has 0 atom stereocenters. The van der Waals surface area contributed by atoms with Crippen LogP contribution >= 0.6 is 0 Å². The number of hydrogen-bond donors (Lipinski definition) is 2. The minimum absolute atomic E-state index is 0.0666. The van der Waals surface area contributed by atoms with Crippen LogP contribution in [0.5, 0.6) is 11.5 Å². The van der Waals surface area contributed by atoms with Crippen LogP contribution in [0.1, 0.15) is 0 Å². The molecular weight excluding hydrogens is 302 g/mol. The van der Waals surface area contributed by atoms with E-state index < -0.39 is 10.8 Å². The Kier molecular flexibility index (Phi) is 4.98. The van der Waals surface area contributed by atoms with Crippen molar-refractivity contribution in [3.63, 3.8) is 0 Å². The molecule has 0 aromatic heterocycles. The molecule has 0 fully saturated rings. The van der Waals surface area contributed by atoms with Crippen LogP contribution in [0.25, 0.3) is 0 Å². The molecule has 0 aliphatic rings. The van der Waals surface area contributed by atoms with Crippen LogP contribution in [-0.4, -0.2) is 24.5 Å². The van der Waals surface area contributed by atoms with E-state index in [1.807, 2.05) is 0 Å². The molecule has 2 aromatic rings. The van der Waals surface area contributed by atoms with Crippen LogP contribution in [0.4, 0.5) is 17.1 Å². The molecule has 1 amide bonds. The van der Waals surface area contributed by atoms with Crippen molar-refractivity contribution in [3.8, 4) is 11.5 Å². The van der Waals surface area contributed by atoms with Gasteiger partial charge in [0.25, 0.3) is 11.6 Å². The van der Waals surface area contributed by atoms with E-state index in [1.54, 1.807) is 24.3 Å². The van der Waals surface area contributed by atoms with Crippen molar-refractivity contribution in [2.75, 3.05) is 24.8 Å². The first kappa shape index (κ1) is 16.1. The Balaban J connectivity index is 2.04. The predicted octanol–water partition coefficient (Wildman–Crippen LogP) is 2.20. The van der Waals surface area contributed by atoms with Gasteiger partial charge in [-0.3, -0.25) is 14.9 Å². The van der Waals surface area contributed by atoms with Gasteiger partial charge in [0.1, 0.15) is 17.2 Å². The summed E-state index contributed by atoms with van der Waals surface area (Å²) in [4.78, 5) is 22.3. The van der Waals surface area contributed by atoms with Crippen LogP contribution in [0.3, 0.4) is 0 Å². The minimum atomic E-state index is -0.600. The van der Waals surface area contributed by atoms with Crippen LogP contribution in [0.15, 0.2) is 42.5 Å². The molecule has 0 unspecified atom stereocenters. The van der Waals surface area contributed by atoms with E-state index in [2.05, 4.69) is 5.32 Å². The lowest BCUT2D eigenvalue weighted by Gasteiger charge is -2.09. The fourth-order valence-corrected chi connectivity index (χ4v) is 1.83. The first-order valence-electron chi connectivity index (χ1n) is 6.60. The van der Waals surface area contributed by atoms with E-state index in [0.29, 0.717) is 17.2 Å². The van der Waals surface area contributed by atoms with Gasteiger partial charge in [0.15, 0.2) is 6.61 Å². The van der Waals surface area contributed by atoms with Crippen LogP contribution in [0.2, 0.25) is 0 Å². The molecular formula is C15H15N3O5. The third-order valence-corrected chi connectivity index (χ3v) is 2.90. The monoisotopic (exact) mass is 317 g/mol. The van der Waals surface area contributed by atoms with Crippen LogP contribution in [-0.2, 0) is 4.79 Å². The Labute approximate surface area is 132 Å². The highest BCUT2D eigenvalue weighted by Gasteiger charge is 2.17. The van der Waals surface area contributed by atoms with Gasteiger partial charge < -0.3 is 20.5 Å². The summed E-state index contributed by atoms with van der Waals surface area (Å²) in [7, 11) is 1.40. The number of methoxy groups -OCH3 is 1. The number of hydrogen-bond acceptors (Lipinski definition) is 6. The fourth-order valence-electron chi connectivity index (χ4n) is 1.83. The summed E-state index contributed by atoms with van der Waals surface area (Å²) in [6, 6.07) is 10.7. The van der Waals surface area contributed by atoms with Gasteiger partial charge in [0.2, 0.25) is 0 Å². The number of nitrogens with one attached hydrogen (secondary N) is 1. The largest absolute Gasteiger partial charge is 0.496 e. The molecule has 0 radical (unpaired) electrons. The number of carbonyl (C=O) groups is 1. The number of nitro benzene ring substituents is 1. The number of nitro groups is 1. The molecule has 0 saturated heterocycles. The molecule has 2 aromatic carbocycles. The average molecular weight is 317 g/mol. The fraction of sp³-hybridized carbons (Fsp3) is 0.133. The molecule has 2 rings (SSSR count). The lowest BCUT2D eigenvalue weighted by atomic mass is 10.2. The summed E-state index contributed by atoms with van der Waals surface area (Å²) >= 11 is 0. The van der Waals surface area contributed by atoms with Crippen molar-refractivity contribution >= 4 is 23.0 Å². The zero-order valence-electron chi connectivity index (χ0n) is 12.3. The SMILES string of the molecule is COc1ccc(NC(=O)COc2cccc(N)c2)c([N+](=O)[O-])c1. The van der Waals surface area contributed by atoms with Crippen molar-refractivity contribution in [3.05, 3.63) is 52.6 Å². The van der Waals surface area contributed by atoms with E-state index in [1.165, 1.54) is 25.3 Å². The first-order chi connectivity index (χ1) is 11.0. The third-order valence-electron chi connectivity index (χ3n) is 2.90. The minimum Gasteiger partial charge on any atom is -0.496 e. The van der Waals surface area contributed by atoms with Gasteiger partial charge in [-0.05, 0) is 24.3 Å². The highest BCUT2D eigenvalue weighted by Crippen LogP contribution is 2.28. The molecule has 0 aliphatic heterocycles. The summed E-state index contributed by atoms with van der Waals surface area (Å²) in [5, 5.41) is 13.5. The number of amides is 1. The highest BCUT2D eigenvalue weighted by atomic mass is 16.6. The molecule has 0 saturated carbocycles. The Hall–Kier alpha value is -3.29. The van der Waals surface area contributed by atoms with Crippen molar-refractivity contribution < 1.29 is 19.2 Å². The van der Waals surface area contributed by atoms with Gasteiger partial charge in [-0.2, -0.15) is 0 Å². The molecule has 120 valence electrons. The van der Waals surface area contributed by atoms with E-state index >= 15 is 0 Å². The number of nitrogen functional groups attached to an aromatic ring is 1. The smallest absolute Gasteiger partial charge is 0.296 e. The third kappa shape index (κ3) is 4.34. The van der Waals surface area contributed by atoms with Crippen molar-refractivity contribution in [2.24, 2.45) is 0 Å². The molecule has 23 heavy (non-hydrogen) atoms. The van der Waals surface area contributed by atoms with E-state index in [-0.39, 0.29) is 18.0 Å². The van der Waals surface area contributed by atoms with E-state index in [0.717, 1.165) is 0 Å². The van der Waals surface area contributed by atoms with Gasteiger partial charge in [0, 0.05) is 11.8 Å². The van der Waals surface area contributed by atoms with Gasteiger partial charge in [-0.25, -0.2) is 0 Å². The van der Waals surface area contributed by atoms with Crippen molar-refractivity contribution in [1.29, 1.82) is 0 Å². The Morgan fingerprint density at radius 3 is 2.70 bits per heavy atom. The summed E-state index contributed by atoms with van der Waals surface area (Å²) in [6.45, 7) is -0.299. The molecule has 8 nitrogen and oxygen atoms in total. The van der Waals surface area contributed by atoms with Crippen molar-refractivity contribution in [2.45, 2.75) is 0 Å². The quantitative estimate of drug-likeness (QED) is 0.479. The average Bonchev–Trinajstić information content (AvgIpc) is 2.53. The van der Waals surface area contributed by atoms with Crippen LogP contribution < -0.4 is 20.5 Å². The molecule has 0 spiro atoms. The zero-order chi connectivity index (χ0) is 16.8. The van der Waals surface area contributed by atoms with Gasteiger partial charge >= 0.3 is 0 Å². The normalized spacial score (nSPS) is 9.96. The second-order valence-electron chi connectivity index (χ2n) is 4.55. The molecule has 0 bridgehead atoms. The highest BCUT2D eigenvalue weighted by molar-refractivity contribution is 5.94. The number of nitrogens with zero attached hydrogens (tertiary/aromatic N) is 1. The van der Waals surface area contributed by atoms with Crippen molar-refractivity contribution in [1.82, 2.24) is 0 Å². The maximum atomic E-state index is 11.9. The number of nitrogens with two attached hydrogens (primary N) is 1. The maximum absolute atomic E-state index is 11.9. The summed E-state index contributed by atoms with van der Waals surface area (Å²) in [5.74, 6) is 0.232. The number of carbonyl (C=O) groups excluding carboxylic acids is 1. The predicted molar refractivity (Wildman–Crippen MR) is 84.6 cm³/mol. The standard InChI is InChI=1S/C15H15N3O5/c1-22-11-5-6-13(14(8-11)18(20)21)17-15(19)9-23-12-4-2-3-10(16)7-12/h2-8H,9,16H2,1H3,(H,17,19). The summed E-state index contributed by atoms with van der Waals surface area (Å²) < 4.78 is 10.2. The zero-order valence-corrected chi connectivity index (χ0v) is 12.3. The van der Waals surface area contributed by atoms with E-state index in [4.69, 9.17) is 15.2 Å². The summed E-state index contributed by atoms with van der Waals surface area (Å²) in [6.07, 6.45) is 0. The second-order valence-corrected chi connectivity index (χ2v) is 4.55. The van der Waals surface area contributed by atoms with Crippen LogP contribution in [0, 0.1) is 10.1 Å². The maximum Gasteiger partial charge on any atom is 0.296 e. The second kappa shape index (κ2) is 7.12. The number of rotatable bonds is 6. The summed E-state index contributed by atoms with van der Waals surface area (Å²) in [5.41, 5.74) is 5.91. The molecule has 0 heterocycles. The molecule has 0 aliphatic carbocycles.